The molecule has 2 aliphatic rings. The van der Waals surface area contributed by atoms with Crippen LogP contribution in [-0.4, -0.2) is 57.8 Å². The molecule has 0 radical (unpaired) electrons. The zero-order valence-corrected chi connectivity index (χ0v) is 14.5. The molecular formula is C15H20N2O4S2. The summed E-state index contributed by atoms with van der Waals surface area (Å²) in [4.78, 5) is 15.1. The minimum atomic E-state index is -3.20. The maximum atomic E-state index is 12.3. The van der Waals surface area contributed by atoms with E-state index in [9.17, 15) is 13.2 Å². The van der Waals surface area contributed by atoms with Gasteiger partial charge in [-0.05, 0) is 17.5 Å². The maximum Gasteiger partial charge on any atom is 0.246 e. The second-order valence-electron chi connectivity index (χ2n) is 6.01. The first kappa shape index (κ1) is 16.6. The summed E-state index contributed by atoms with van der Waals surface area (Å²) in [7, 11) is -3.20. The Labute approximate surface area is 140 Å². The Hall–Kier alpha value is -1.22. The fraction of sp³-hybridized carbons (Fsp3) is 0.533. The molecule has 2 aliphatic heterocycles. The SMILES string of the molecule is CS(=O)(=O)NC[C@@H]1CO[C@H]2CN(C(=O)/C=C/c3cccs3)C[C@@H]12. The van der Waals surface area contributed by atoms with E-state index < -0.39 is 10.0 Å². The lowest BCUT2D eigenvalue weighted by Crippen LogP contribution is -2.34. The summed E-state index contributed by atoms with van der Waals surface area (Å²) < 4.78 is 30.7. The fourth-order valence-corrected chi connectivity index (χ4v) is 4.23. The third-order valence-corrected chi connectivity index (χ3v) is 5.82. The monoisotopic (exact) mass is 356 g/mol. The van der Waals surface area contributed by atoms with Crippen molar-refractivity contribution in [3.63, 3.8) is 0 Å². The van der Waals surface area contributed by atoms with Gasteiger partial charge in [-0.2, -0.15) is 0 Å². The van der Waals surface area contributed by atoms with Crippen molar-refractivity contribution in [1.82, 2.24) is 9.62 Å². The molecule has 3 heterocycles. The van der Waals surface area contributed by atoms with Crippen molar-refractivity contribution >= 4 is 33.3 Å². The van der Waals surface area contributed by atoms with Crippen LogP contribution in [0.2, 0.25) is 0 Å². The van der Waals surface area contributed by atoms with Crippen LogP contribution in [0, 0.1) is 11.8 Å². The Morgan fingerprint density at radius 1 is 1.52 bits per heavy atom. The number of sulfonamides is 1. The van der Waals surface area contributed by atoms with Gasteiger partial charge in [0.2, 0.25) is 15.9 Å². The Bertz CT molecular complexity index is 684. The van der Waals surface area contributed by atoms with Crippen molar-refractivity contribution in [3.05, 3.63) is 28.5 Å². The van der Waals surface area contributed by atoms with Crippen LogP contribution in [0.25, 0.3) is 6.08 Å². The molecule has 23 heavy (non-hydrogen) atoms. The van der Waals surface area contributed by atoms with E-state index in [2.05, 4.69) is 4.72 Å². The van der Waals surface area contributed by atoms with E-state index in [1.807, 2.05) is 23.6 Å². The smallest absolute Gasteiger partial charge is 0.246 e. The van der Waals surface area contributed by atoms with Crippen LogP contribution in [-0.2, 0) is 19.6 Å². The topological polar surface area (TPSA) is 75.7 Å². The van der Waals surface area contributed by atoms with E-state index in [0.29, 0.717) is 26.2 Å². The predicted octanol–water partition coefficient (Wildman–Crippen LogP) is 0.784. The molecule has 0 aliphatic carbocycles. The van der Waals surface area contributed by atoms with Crippen molar-refractivity contribution < 1.29 is 17.9 Å². The zero-order valence-electron chi connectivity index (χ0n) is 12.8. The van der Waals surface area contributed by atoms with Gasteiger partial charge in [0, 0.05) is 42.4 Å². The highest BCUT2D eigenvalue weighted by atomic mass is 32.2. The lowest BCUT2D eigenvalue weighted by atomic mass is 9.93. The van der Waals surface area contributed by atoms with Crippen molar-refractivity contribution in [3.8, 4) is 0 Å². The first-order valence-corrected chi connectivity index (χ1v) is 10.3. The lowest BCUT2D eigenvalue weighted by Gasteiger charge is -2.18. The average molecular weight is 356 g/mol. The molecule has 8 heteroatoms. The molecule has 1 aromatic rings. The zero-order chi connectivity index (χ0) is 16.4. The van der Waals surface area contributed by atoms with Crippen LogP contribution in [0.1, 0.15) is 4.88 Å². The predicted molar refractivity (Wildman–Crippen MR) is 89.5 cm³/mol. The third-order valence-electron chi connectivity index (χ3n) is 4.29. The van der Waals surface area contributed by atoms with Crippen LogP contribution in [0.5, 0.6) is 0 Å². The highest BCUT2D eigenvalue weighted by Crippen LogP contribution is 2.33. The first-order chi connectivity index (χ1) is 10.9. The fourth-order valence-electron chi connectivity index (χ4n) is 3.09. The van der Waals surface area contributed by atoms with Gasteiger partial charge in [0.15, 0.2) is 0 Å². The van der Waals surface area contributed by atoms with Crippen molar-refractivity contribution in [2.45, 2.75) is 6.10 Å². The Morgan fingerprint density at radius 3 is 3.04 bits per heavy atom. The number of rotatable bonds is 5. The van der Waals surface area contributed by atoms with E-state index >= 15 is 0 Å². The van der Waals surface area contributed by atoms with E-state index in [-0.39, 0.29) is 23.8 Å². The van der Waals surface area contributed by atoms with Gasteiger partial charge in [-0.3, -0.25) is 4.79 Å². The number of ether oxygens (including phenoxy) is 1. The van der Waals surface area contributed by atoms with Crippen molar-refractivity contribution in [2.75, 3.05) is 32.5 Å². The molecule has 1 aromatic heterocycles. The molecule has 0 unspecified atom stereocenters. The van der Waals surface area contributed by atoms with Gasteiger partial charge in [-0.25, -0.2) is 13.1 Å². The molecule has 2 fully saturated rings. The standard InChI is InChI=1S/C15H20N2O4S2/c1-23(19,20)16-7-11-10-21-14-9-17(8-13(11)14)15(18)5-4-12-3-2-6-22-12/h2-6,11,13-14,16H,7-10H2,1H3/b5-4+/t11-,13+,14+/m1/s1. The summed E-state index contributed by atoms with van der Waals surface area (Å²) in [6, 6.07) is 3.91. The van der Waals surface area contributed by atoms with Crippen molar-refractivity contribution in [2.24, 2.45) is 11.8 Å². The highest BCUT2D eigenvalue weighted by Gasteiger charge is 2.44. The summed E-state index contributed by atoms with van der Waals surface area (Å²) in [6.45, 7) is 2.11. The Morgan fingerprint density at radius 2 is 2.35 bits per heavy atom. The molecule has 0 bridgehead atoms. The Kier molecular flexibility index (Phi) is 4.86. The van der Waals surface area contributed by atoms with E-state index in [4.69, 9.17) is 4.74 Å². The minimum absolute atomic E-state index is 0.0143. The lowest BCUT2D eigenvalue weighted by molar-refractivity contribution is -0.125. The number of amides is 1. The molecule has 3 atom stereocenters. The van der Waals surface area contributed by atoms with Crippen LogP contribution >= 0.6 is 11.3 Å². The quantitative estimate of drug-likeness (QED) is 0.791. The van der Waals surface area contributed by atoms with Crippen LogP contribution < -0.4 is 4.72 Å². The molecule has 126 valence electrons. The molecule has 0 aromatic carbocycles. The molecule has 3 rings (SSSR count). The first-order valence-electron chi connectivity index (χ1n) is 7.49. The number of likely N-dealkylation sites (tertiary alicyclic amines) is 1. The maximum absolute atomic E-state index is 12.3. The van der Waals surface area contributed by atoms with Crippen LogP contribution in [0.4, 0.5) is 0 Å². The number of hydrogen-bond donors (Lipinski definition) is 1. The summed E-state index contributed by atoms with van der Waals surface area (Å²) in [5, 5.41) is 1.97. The molecular weight excluding hydrogens is 336 g/mol. The summed E-state index contributed by atoms with van der Waals surface area (Å²) >= 11 is 1.59. The number of carbonyl (C=O) groups is 1. The van der Waals surface area contributed by atoms with Crippen LogP contribution in [0.3, 0.4) is 0 Å². The van der Waals surface area contributed by atoms with Gasteiger partial charge in [-0.15, -0.1) is 11.3 Å². The highest BCUT2D eigenvalue weighted by molar-refractivity contribution is 7.88. The van der Waals surface area contributed by atoms with Gasteiger partial charge in [0.1, 0.15) is 0 Å². The number of nitrogens with one attached hydrogen (secondary N) is 1. The van der Waals surface area contributed by atoms with Gasteiger partial charge in [-0.1, -0.05) is 6.07 Å². The minimum Gasteiger partial charge on any atom is -0.376 e. The molecule has 0 saturated carbocycles. The summed E-state index contributed by atoms with van der Waals surface area (Å²) in [5.41, 5.74) is 0. The summed E-state index contributed by atoms with van der Waals surface area (Å²) in [5.74, 6) is 0.295. The molecule has 6 nitrogen and oxygen atoms in total. The van der Waals surface area contributed by atoms with E-state index in [1.165, 1.54) is 0 Å². The van der Waals surface area contributed by atoms with Gasteiger partial charge in [0.25, 0.3) is 0 Å². The molecule has 1 N–H and O–H groups in total. The largest absolute Gasteiger partial charge is 0.376 e. The molecule has 1 amide bonds. The normalized spacial score (nSPS) is 27.7. The molecule has 2 saturated heterocycles. The second-order valence-corrected chi connectivity index (χ2v) is 8.82. The number of hydrogen-bond acceptors (Lipinski definition) is 5. The van der Waals surface area contributed by atoms with E-state index in [0.717, 1.165) is 11.1 Å². The summed E-state index contributed by atoms with van der Waals surface area (Å²) in [6.07, 6.45) is 4.59. The van der Waals surface area contributed by atoms with Gasteiger partial charge >= 0.3 is 0 Å². The number of fused-ring (bicyclic) bond motifs is 1. The molecule has 0 spiro atoms. The second kappa shape index (κ2) is 6.72. The van der Waals surface area contributed by atoms with Gasteiger partial charge < -0.3 is 9.64 Å². The van der Waals surface area contributed by atoms with Crippen molar-refractivity contribution in [1.29, 1.82) is 0 Å². The Balaban J connectivity index is 1.56. The van der Waals surface area contributed by atoms with E-state index in [1.54, 1.807) is 22.3 Å². The number of carbonyl (C=O) groups excluding carboxylic acids is 1. The van der Waals surface area contributed by atoms with Crippen LogP contribution in [0.15, 0.2) is 23.6 Å². The average Bonchev–Trinajstić information content (AvgIpc) is 3.18. The third kappa shape index (κ3) is 4.20. The number of nitrogens with zero attached hydrogens (tertiary/aromatic N) is 1. The van der Waals surface area contributed by atoms with Gasteiger partial charge in [0.05, 0.1) is 19.0 Å². The number of thiophene rings is 1.